The molecule has 0 saturated heterocycles. The van der Waals surface area contributed by atoms with Gasteiger partial charge in [-0.1, -0.05) is 56.6 Å². The first kappa shape index (κ1) is 15.3. The van der Waals surface area contributed by atoms with E-state index in [1.807, 2.05) is 25.1 Å². The molecule has 0 atom stereocenters. The van der Waals surface area contributed by atoms with E-state index in [1.54, 1.807) is 11.9 Å². The topological polar surface area (TPSA) is 12.0 Å². The number of rotatable bonds is 3. The van der Waals surface area contributed by atoms with E-state index >= 15 is 0 Å². The smallest absolute Gasteiger partial charge is 0.0588 e. The SMILES string of the molecule is Cc1cccc(SNc2ccc(C(C)(C)C)cc2)c1Cl. The molecule has 0 aromatic heterocycles. The molecule has 0 radical (unpaired) electrons. The van der Waals surface area contributed by atoms with Gasteiger partial charge in [-0.25, -0.2) is 0 Å². The zero-order valence-electron chi connectivity index (χ0n) is 12.3. The predicted octanol–water partition coefficient (Wildman–Crippen LogP) is 6.07. The van der Waals surface area contributed by atoms with E-state index in [2.05, 4.69) is 49.8 Å². The Kier molecular flexibility index (Phi) is 4.66. The normalized spacial score (nSPS) is 11.4. The molecule has 0 amide bonds. The molecule has 1 N–H and O–H groups in total. The molecule has 2 aromatic rings. The van der Waals surface area contributed by atoms with Crippen molar-refractivity contribution < 1.29 is 0 Å². The molecule has 106 valence electrons. The number of hydrogen-bond donors (Lipinski definition) is 1. The van der Waals surface area contributed by atoms with Gasteiger partial charge in [0.1, 0.15) is 0 Å². The van der Waals surface area contributed by atoms with Crippen molar-refractivity contribution in [3.8, 4) is 0 Å². The fraction of sp³-hybridized carbons (Fsp3) is 0.294. The molecule has 2 aromatic carbocycles. The highest BCUT2D eigenvalue weighted by molar-refractivity contribution is 8.00. The largest absolute Gasteiger partial charge is 0.326 e. The second-order valence-corrected chi connectivity index (χ2v) is 7.14. The quantitative estimate of drug-likeness (QED) is 0.691. The second-order valence-electron chi connectivity index (χ2n) is 5.92. The second kappa shape index (κ2) is 6.11. The first-order chi connectivity index (χ1) is 9.38. The van der Waals surface area contributed by atoms with Gasteiger partial charge in [0.05, 0.1) is 5.02 Å². The summed E-state index contributed by atoms with van der Waals surface area (Å²) >= 11 is 7.83. The highest BCUT2D eigenvalue weighted by Crippen LogP contribution is 2.31. The number of anilines is 1. The monoisotopic (exact) mass is 305 g/mol. The highest BCUT2D eigenvalue weighted by atomic mass is 35.5. The van der Waals surface area contributed by atoms with Crippen LogP contribution < -0.4 is 4.72 Å². The van der Waals surface area contributed by atoms with E-state index in [1.165, 1.54) is 5.56 Å². The molecule has 1 nitrogen and oxygen atoms in total. The van der Waals surface area contributed by atoms with E-state index in [0.717, 1.165) is 21.2 Å². The first-order valence-electron chi connectivity index (χ1n) is 6.66. The maximum atomic E-state index is 6.28. The van der Waals surface area contributed by atoms with Crippen molar-refractivity contribution in [3.63, 3.8) is 0 Å². The molecule has 0 saturated carbocycles. The molecular weight excluding hydrogens is 286 g/mol. The summed E-state index contributed by atoms with van der Waals surface area (Å²) in [6, 6.07) is 14.6. The summed E-state index contributed by atoms with van der Waals surface area (Å²) < 4.78 is 3.34. The minimum Gasteiger partial charge on any atom is -0.326 e. The number of halogens is 1. The summed E-state index contributed by atoms with van der Waals surface area (Å²) in [5.41, 5.74) is 3.70. The van der Waals surface area contributed by atoms with Crippen LogP contribution in [0.5, 0.6) is 0 Å². The third-order valence-electron chi connectivity index (χ3n) is 3.19. The Morgan fingerprint density at radius 1 is 1.00 bits per heavy atom. The summed E-state index contributed by atoms with van der Waals surface area (Å²) in [5, 5.41) is 0.816. The first-order valence-corrected chi connectivity index (χ1v) is 7.86. The van der Waals surface area contributed by atoms with E-state index in [9.17, 15) is 0 Å². The summed E-state index contributed by atoms with van der Waals surface area (Å²) in [7, 11) is 0. The Labute approximate surface area is 130 Å². The molecule has 0 spiro atoms. The summed E-state index contributed by atoms with van der Waals surface area (Å²) in [5.74, 6) is 0. The number of nitrogens with one attached hydrogen (secondary N) is 1. The molecule has 0 aliphatic carbocycles. The Morgan fingerprint density at radius 3 is 2.25 bits per heavy atom. The Balaban J connectivity index is 2.06. The van der Waals surface area contributed by atoms with Crippen molar-refractivity contribution >= 4 is 29.2 Å². The Morgan fingerprint density at radius 2 is 1.65 bits per heavy atom. The number of hydrogen-bond acceptors (Lipinski definition) is 2. The molecule has 3 heteroatoms. The van der Waals surface area contributed by atoms with Crippen LogP contribution in [0.1, 0.15) is 31.9 Å². The molecule has 0 unspecified atom stereocenters. The lowest BCUT2D eigenvalue weighted by Crippen LogP contribution is -2.10. The molecular formula is C17H20ClNS. The minimum absolute atomic E-state index is 0.186. The zero-order valence-corrected chi connectivity index (χ0v) is 13.9. The van der Waals surface area contributed by atoms with Crippen LogP contribution in [0.3, 0.4) is 0 Å². The van der Waals surface area contributed by atoms with Crippen LogP contribution in [0.2, 0.25) is 5.02 Å². The Bertz CT molecular complexity index is 585. The van der Waals surface area contributed by atoms with Gasteiger partial charge in [-0.15, -0.1) is 0 Å². The van der Waals surface area contributed by atoms with Gasteiger partial charge in [-0.3, -0.25) is 0 Å². The molecule has 20 heavy (non-hydrogen) atoms. The van der Waals surface area contributed by atoms with Crippen LogP contribution in [0.4, 0.5) is 5.69 Å². The minimum atomic E-state index is 0.186. The van der Waals surface area contributed by atoms with Crippen LogP contribution >= 0.6 is 23.5 Å². The lowest BCUT2D eigenvalue weighted by molar-refractivity contribution is 0.590. The third-order valence-corrected chi connectivity index (χ3v) is 4.70. The predicted molar refractivity (Wildman–Crippen MR) is 90.8 cm³/mol. The van der Waals surface area contributed by atoms with Gasteiger partial charge in [-0.05, 0) is 53.6 Å². The van der Waals surface area contributed by atoms with Crippen molar-refractivity contribution in [2.75, 3.05) is 4.72 Å². The fourth-order valence-electron chi connectivity index (χ4n) is 1.85. The van der Waals surface area contributed by atoms with E-state index in [-0.39, 0.29) is 5.41 Å². The van der Waals surface area contributed by atoms with Crippen LogP contribution in [-0.4, -0.2) is 0 Å². The lowest BCUT2D eigenvalue weighted by Gasteiger charge is -2.19. The van der Waals surface area contributed by atoms with Crippen molar-refractivity contribution in [2.24, 2.45) is 0 Å². The van der Waals surface area contributed by atoms with Crippen molar-refractivity contribution in [2.45, 2.75) is 38.0 Å². The summed E-state index contributed by atoms with van der Waals surface area (Å²) in [6.07, 6.45) is 0. The van der Waals surface area contributed by atoms with Crippen LogP contribution in [0, 0.1) is 6.92 Å². The van der Waals surface area contributed by atoms with E-state index in [4.69, 9.17) is 11.6 Å². The molecule has 2 rings (SSSR count). The van der Waals surface area contributed by atoms with E-state index < -0.39 is 0 Å². The molecule has 0 bridgehead atoms. The number of benzene rings is 2. The van der Waals surface area contributed by atoms with Crippen molar-refractivity contribution in [1.29, 1.82) is 0 Å². The third kappa shape index (κ3) is 3.71. The molecule has 0 heterocycles. The molecule has 0 fully saturated rings. The van der Waals surface area contributed by atoms with Gasteiger partial charge in [0.2, 0.25) is 0 Å². The fourth-order valence-corrected chi connectivity index (χ4v) is 2.85. The molecule has 0 aliphatic rings. The lowest BCUT2D eigenvalue weighted by atomic mass is 9.87. The summed E-state index contributed by atoms with van der Waals surface area (Å²) in [4.78, 5) is 1.05. The zero-order chi connectivity index (χ0) is 14.8. The van der Waals surface area contributed by atoms with Gasteiger partial charge < -0.3 is 4.72 Å². The highest BCUT2D eigenvalue weighted by Gasteiger charge is 2.12. The van der Waals surface area contributed by atoms with Crippen LogP contribution in [-0.2, 0) is 5.41 Å². The van der Waals surface area contributed by atoms with E-state index in [0.29, 0.717) is 0 Å². The van der Waals surface area contributed by atoms with Gasteiger partial charge in [-0.2, -0.15) is 0 Å². The standard InChI is InChI=1S/C17H20ClNS/c1-12-6-5-7-15(16(12)18)20-19-14-10-8-13(9-11-14)17(2,3)4/h5-11,19H,1-4H3. The van der Waals surface area contributed by atoms with Crippen LogP contribution in [0.15, 0.2) is 47.4 Å². The van der Waals surface area contributed by atoms with Gasteiger partial charge in [0.25, 0.3) is 0 Å². The number of aryl methyl sites for hydroxylation is 1. The summed E-state index contributed by atoms with van der Waals surface area (Å²) in [6.45, 7) is 8.68. The van der Waals surface area contributed by atoms with Gasteiger partial charge >= 0.3 is 0 Å². The average molecular weight is 306 g/mol. The maximum absolute atomic E-state index is 6.28. The van der Waals surface area contributed by atoms with Crippen molar-refractivity contribution in [3.05, 3.63) is 58.6 Å². The van der Waals surface area contributed by atoms with Gasteiger partial charge in [0.15, 0.2) is 0 Å². The molecule has 0 aliphatic heterocycles. The maximum Gasteiger partial charge on any atom is 0.0588 e. The van der Waals surface area contributed by atoms with Crippen molar-refractivity contribution in [1.82, 2.24) is 0 Å². The van der Waals surface area contributed by atoms with Crippen LogP contribution in [0.25, 0.3) is 0 Å². The van der Waals surface area contributed by atoms with Gasteiger partial charge in [0, 0.05) is 10.6 Å². The average Bonchev–Trinajstić information content (AvgIpc) is 2.40. The Hall–Kier alpha value is -1.12.